The summed E-state index contributed by atoms with van der Waals surface area (Å²) in [7, 11) is 0. The number of hydrogen-bond acceptors (Lipinski definition) is 0. The summed E-state index contributed by atoms with van der Waals surface area (Å²) >= 11 is 13.4. The van der Waals surface area contributed by atoms with Crippen molar-refractivity contribution >= 4 is 23.2 Å². The van der Waals surface area contributed by atoms with E-state index in [1.54, 1.807) is 0 Å². The molecule has 0 saturated heterocycles. The third kappa shape index (κ3) is 1.81. The summed E-state index contributed by atoms with van der Waals surface area (Å²) in [6.45, 7) is 0. The third-order valence-electron chi connectivity index (χ3n) is 7.59. The van der Waals surface area contributed by atoms with Gasteiger partial charge in [0.15, 0.2) is 0 Å². The monoisotopic (exact) mass is 370 g/mol. The minimum atomic E-state index is 0. The van der Waals surface area contributed by atoms with Crippen LogP contribution in [0.25, 0.3) is 11.1 Å². The lowest BCUT2D eigenvalue weighted by molar-refractivity contribution is -0.0399. The molecule has 2 aromatic rings. The quantitative estimate of drug-likeness (QED) is 0.454. The SMILES string of the molecule is C.Clc1cccc2c1-c1c(Cl)cccc1C21C2CC3CC(C2)CC1C3. The van der Waals surface area contributed by atoms with Crippen molar-refractivity contribution in [2.75, 3.05) is 0 Å². The topological polar surface area (TPSA) is 0 Å². The summed E-state index contributed by atoms with van der Waals surface area (Å²) < 4.78 is 0. The highest BCUT2D eigenvalue weighted by atomic mass is 35.5. The zero-order chi connectivity index (χ0) is 16.1. The van der Waals surface area contributed by atoms with Gasteiger partial charge < -0.3 is 0 Å². The van der Waals surface area contributed by atoms with Crippen LogP contribution in [0.5, 0.6) is 0 Å². The molecule has 0 radical (unpaired) electrons. The van der Waals surface area contributed by atoms with Gasteiger partial charge in [0.1, 0.15) is 0 Å². The average molecular weight is 371 g/mol. The predicted molar refractivity (Wildman–Crippen MR) is 106 cm³/mol. The molecule has 4 bridgehead atoms. The molecule has 7 rings (SSSR count). The molecule has 0 unspecified atom stereocenters. The average Bonchev–Trinajstić information content (AvgIpc) is 2.86. The third-order valence-corrected chi connectivity index (χ3v) is 8.22. The zero-order valence-corrected chi connectivity index (χ0v) is 15.1. The molecule has 2 heteroatoms. The lowest BCUT2D eigenvalue weighted by Crippen LogP contribution is -2.55. The molecule has 2 aromatic carbocycles. The maximum absolute atomic E-state index is 6.71. The Bertz CT molecular complexity index is 785. The molecule has 1 spiro atoms. The molecule has 5 aliphatic carbocycles. The van der Waals surface area contributed by atoms with E-state index in [1.165, 1.54) is 54.4 Å². The van der Waals surface area contributed by atoms with Gasteiger partial charge in [-0.2, -0.15) is 0 Å². The summed E-state index contributed by atoms with van der Waals surface area (Å²) in [5.41, 5.74) is 5.59. The molecule has 4 fully saturated rings. The van der Waals surface area contributed by atoms with Crippen molar-refractivity contribution in [3.8, 4) is 11.1 Å². The van der Waals surface area contributed by atoms with Crippen LogP contribution >= 0.6 is 23.2 Å². The van der Waals surface area contributed by atoms with Gasteiger partial charge in [-0.1, -0.05) is 54.9 Å². The van der Waals surface area contributed by atoms with E-state index < -0.39 is 0 Å². The van der Waals surface area contributed by atoms with Crippen LogP contribution in [0.1, 0.15) is 50.7 Å². The van der Waals surface area contributed by atoms with E-state index in [1.807, 2.05) is 12.1 Å². The van der Waals surface area contributed by atoms with Gasteiger partial charge in [0.05, 0.1) is 0 Å². The molecule has 5 aliphatic rings. The van der Waals surface area contributed by atoms with E-state index in [-0.39, 0.29) is 12.8 Å². The first kappa shape index (κ1) is 16.2. The van der Waals surface area contributed by atoms with Crippen LogP contribution in [0, 0.1) is 23.7 Å². The Morgan fingerprint density at radius 1 is 0.680 bits per heavy atom. The molecule has 0 nitrogen and oxygen atoms in total. The van der Waals surface area contributed by atoms with Gasteiger partial charge in [-0.3, -0.25) is 0 Å². The standard InChI is InChI=1S/C22H20Cl2.CH4/c23-18-5-1-3-16-20(18)21-17(4-2-6-19(21)24)22(16)14-8-12-7-13(10-14)11-15(22)9-12;/h1-6,12-15H,7-11H2;1H4. The normalized spacial score (nSPS) is 32.4. The van der Waals surface area contributed by atoms with Gasteiger partial charge in [0, 0.05) is 26.6 Å². The number of benzene rings is 2. The fourth-order valence-electron chi connectivity index (χ4n) is 7.20. The largest absolute Gasteiger partial charge is 0.0837 e. The van der Waals surface area contributed by atoms with Gasteiger partial charge in [0.2, 0.25) is 0 Å². The molecule has 0 aliphatic heterocycles. The molecule has 0 amide bonds. The summed E-state index contributed by atoms with van der Waals surface area (Å²) in [5.74, 6) is 3.46. The smallest absolute Gasteiger partial charge is 0.0488 e. The van der Waals surface area contributed by atoms with Gasteiger partial charge in [-0.25, -0.2) is 0 Å². The maximum atomic E-state index is 6.71. The lowest BCUT2D eigenvalue weighted by Gasteiger charge is -2.61. The fourth-order valence-corrected chi connectivity index (χ4v) is 7.74. The number of fused-ring (bicyclic) bond motifs is 3. The van der Waals surface area contributed by atoms with Crippen LogP contribution < -0.4 is 0 Å². The molecule has 4 saturated carbocycles. The van der Waals surface area contributed by atoms with Crippen LogP contribution in [0.3, 0.4) is 0 Å². The van der Waals surface area contributed by atoms with E-state index in [0.29, 0.717) is 0 Å². The Kier molecular flexibility index (Phi) is 3.42. The Morgan fingerprint density at radius 3 is 1.56 bits per heavy atom. The van der Waals surface area contributed by atoms with E-state index in [9.17, 15) is 0 Å². The highest BCUT2D eigenvalue weighted by Crippen LogP contribution is 2.70. The van der Waals surface area contributed by atoms with Gasteiger partial charge in [0.25, 0.3) is 0 Å². The first-order chi connectivity index (χ1) is 11.7. The van der Waals surface area contributed by atoms with E-state index in [4.69, 9.17) is 23.2 Å². The van der Waals surface area contributed by atoms with Crippen LogP contribution in [-0.4, -0.2) is 0 Å². The van der Waals surface area contributed by atoms with Crippen LogP contribution in [0.15, 0.2) is 36.4 Å². The molecule has 25 heavy (non-hydrogen) atoms. The Morgan fingerprint density at radius 2 is 1.12 bits per heavy atom. The number of rotatable bonds is 0. The second-order valence-electron chi connectivity index (χ2n) is 8.50. The Labute approximate surface area is 160 Å². The van der Waals surface area contributed by atoms with Gasteiger partial charge in [-0.15, -0.1) is 0 Å². The Balaban J connectivity index is 0.00000140. The van der Waals surface area contributed by atoms with Crippen molar-refractivity contribution < 1.29 is 0 Å². The van der Waals surface area contributed by atoms with Crippen molar-refractivity contribution in [2.45, 2.75) is 44.9 Å². The summed E-state index contributed by atoms with van der Waals surface area (Å²) in [6, 6.07) is 13.0. The van der Waals surface area contributed by atoms with Crippen molar-refractivity contribution in [1.29, 1.82) is 0 Å². The molecule has 0 atom stereocenters. The zero-order valence-electron chi connectivity index (χ0n) is 13.6. The Hall–Kier alpha value is -0.980. The fraction of sp³-hybridized carbons (Fsp3) is 0.478. The van der Waals surface area contributed by atoms with E-state index >= 15 is 0 Å². The molecule has 0 aromatic heterocycles. The minimum Gasteiger partial charge on any atom is -0.0837 e. The summed E-state index contributed by atoms with van der Waals surface area (Å²) in [4.78, 5) is 0. The van der Waals surface area contributed by atoms with Crippen LogP contribution in [-0.2, 0) is 5.41 Å². The van der Waals surface area contributed by atoms with Crippen molar-refractivity contribution in [2.24, 2.45) is 23.7 Å². The number of hydrogen-bond donors (Lipinski definition) is 0. The lowest BCUT2D eigenvalue weighted by atomic mass is 9.43. The molecule has 0 N–H and O–H groups in total. The van der Waals surface area contributed by atoms with Crippen molar-refractivity contribution in [1.82, 2.24) is 0 Å². The molecule has 130 valence electrons. The highest BCUT2D eigenvalue weighted by Gasteiger charge is 2.61. The second kappa shape index (κ2) is 5.27. The second-order valence-corrected chi connectivity index (χ2v) is 9.31. The summed E-state index contributed by atoms with van der Waals surface area (Å²) in [6.07, 6.45) is 7.06. The van der Waals surface area contributed by atoms with Gasteiger partial charge >= 0.3 is 0 Å². The first-order valence-electron chi connectivity index (χ1n) is 9.28. The molecular weight excluding hydrogens is 347 g/mol. The minimum absolute atomic E-state index is 0. The van der Waals surface area contributed by atoms with Crippen molar-refractivity contribution in [3.63, 3.8) is 0 Å². The van der Waals surface area contributed by atoms with Crippen LogP contribution in [0.4, 0.5) is 0 Å². The van der Waals surface area contributed by atoms with Crippen LogP contribution in [0.2, 0.25) is 10.0 Å². The maximum Gasteiger partial charge on any atom is 0.0488 e. The van der Waals surface area contributed by atoms with Crippen molar-refractivity contribution in [3.05, 3.63) is 57.6 Å². The molecular formula is C23H24Cl2. The van der Waals surface area contributed by atoms with E-state index in [0.717, 1.165) is 33.7 Å². The van der Waals surface area contributed by atoms with Gasteiger partial charge in [-0.05, 0) is 79.0 Å². The first-order valence-corrected chi connectivity index (χ1v) is 10.0. The number of halogens is 2. The summed E-state index contributed by atoms with van der Waals surface area (Å²) in [5, 5.41) is 1.74. The molecule has 0 heterocycles. The van der Waals surface area contributed by atoms with E-state index in [2.05, 4.69) is 24.3 Å². The highest BCUT2D eigenvalue weighted by molar-refractivity contribution is 6.37. The predicted octanol–water partition coefficient (Wildman–Crippen LogP) is 7.35.